The van der Waals surface area contributed by atoms with E-state index in [2.05, 4.69) is 58.2 Å². The van der Waals surface area contributed by atoms with Gasteiger partial charge in [0.05, 0.1) is 11.8 Å². The Balaban J connectivity index is 1.03. The molecular weight excluding hydrogens is 480 g/mol. The lowest BCUT2D eigenvalue weighted by molar-refractivity contribution is -0.141. The minimum atomic E-state index is 0.0232. The van der Waals surface area contributed by atoms with Gasteiger partial charge in [-0.2, -0.15) is 0 Å². The summed E-state index contributed by atoms with van der Waals surface area (Å²) in [5, 5.41) is 0. The first-order valence-corrected chi connectivity index (χ1v) is 15.1. The smallest absolute Gasteiger partial charge is 0.233 e. The normalized spacial score (nSPS) is 34.5. The highest BCUT2D eigenvalue weighted by atomic mass is 32.1. The maximum Gasteiger partial charge on any atom is 0.233 e. The topological polar surface area (TPSA) is 56.2 Å². The number of imide groups is 1. The number of carbonyl (C=O) groups is 2. The number of likely N-dealkylation sites (tertiary alicyclic amines) is 1. The molecule has 0 aromatic heterocycles. The van der Waals surface area contributed by atoms with Gasteiger partial charge in [-0.25, -0.2) is 4.40 Å². The lowest BCUT2D eigenvalue weighted by atomic mass is 9.77. The second-order valence-electron chi connectivity index (χ2n) is 12.3. The van der Waals surface area contributed by atoms with Gasteiger partial charge < -0.3 is 4.90 Å². The van der Waals surface area contributed by atoms with E-state index in [9.17, 15) is 9.59 Å². The van der Waals surface area contributed by atoms with Crippen LogP contribution in [-0.4, -0.2) is 71.6 Å². The highest BCUT2D eigenvalue weighted by Gasteiger charge is 2.60. The number of hydrogen-bond acceptors (Lipinski definition) is 5. The molecule has 2 saturated heterocycles. The third-order valence-corrected chi connectivity index (χ3v) is 10.6. The number of hydrogen-bond donors (Lipinski definition) is 1. The van der Waals surface area contributed by atoms with Crippen molar-refractivity contribution in [2.45, 2.75) is 58.3 Å². The Kier molecular flexibility index (Phi) is 7.37. The van der Waals surface area contributed by atoms with Gasteiger partial charge in [-0.05, 0) is 81.1 Å². The van der Waals surface area contributed by atoms with Crippen molar-refractivity contribution in [3.8, 4) is 0 Å². The molecule has 3 aliphatic carbocycles. The average molecular weight is 523 g/mol. The number of carbonyl (C=O) groups excluding carboxylic acids is 2. The van der Waals surface area contributed by atoms with Gasteiger partial charge >= 0.3 is 0 Å². The number of nitrogens with zero attached hydrogens (tertiary/aromatic N) is 4. The zero-order valence-corrected chi connectivity index (χ0v) is 23.1. The van der Waals surface area contributed by atoms with Gasteiger partial charge in [0.2, 0.25) is 11.8 Å². The number of piperazine rings is 1. The monoisotopic (exact) mass is 522 g/mol. The van der Waals surface area contributed by atoms with Crippen LogP contribution < -0.4 is 0 Å². The van der Waals surface area contributed by atoms with Crippen LogP contribution in [0.4, 0.5) is 0 Å². The maximum atomic E-state index is 13.2. The summed E-state index contributed by atoms with van der Waals surface area (Å²) < 4.78 is 4.36. The summed E-state index contributed by atoms with van der Waals surface area (Å²) >= 11 is 4.31. The summed E-state index contributed by atoms with van der Waals surface area (Å²) in [5.74, 6) is 3.61. The molecule has 0 spiro atoms. The van der Waals surface area contributed by atoms with E-state index in [-0.39, 0.29) is 23.7 Å². The number of thiol groups is 1. The number of rotatable bonds is 6. The fraction of sp³-hybridized carbons (Fsp3) is 0.700. The maximum absolute atomic E-state index is 13.2. The molecular formula is C30H42N4O2S. The lowest BCUT2D eigenvalue weighted by Crippen LogP contribution is -2.50. The molecule has 5 aliphatic rings. The lowest BCUT2D eigenvalue weighted by Gasteiger charge is -2.41. The molecule has 7 heteroatoms. The molecule has 2 aliphatic heterocycles. The van der Waals surface area contributed by atoms with Crippen LogP contribution >= 0.6 is 12.8 Å². The predicted octanol–water partition coefficient (Wildman–Crippen LogP) is 4.43. The summed E-state index contributed by atoms with van der Waals surface area (Å²) in [4.78, 5) is 33.0. The molecule has 0 N–H and O–H groups in total. The molecule has 2 bridgehead atoms. The van der Waals surface area contributed by atoms with Crippen LogP contribution in [0.2, 0.25) is 0 Å². The summed E-state index contributed by atoms with van der Waals surface area (Å²) in [5.41, 5.74) is 2.40. The van der Waals surface area contributed by atoms with Gasteiger partial charge in [0.25, 0.3) is 0 Å². The molecule has 0 radical (unpaired) electrons. The van der Waals surface area contributed by atoms with Crippen LogP contribution in [-0.2, 0) is 9.59 Å². The summed E-state index contributed by atoms with van der Waals surface area (Å²) in [6.07, 6.45) is 9.51. The largest absolute Gasteiger partial charge is 0.353 e. The molecule has 1 aromatic carbocycles. The van der Waals surface area contributed by atoms with Crippen LogP contribution in [0.25, 0.3) is 0 Å². The Hall–Kier alpha value is -1.86. The first-order valence-electron chi connectivity index (χ1n) is 14.7. The Labute approximate surface area is 227 Å². The first-order chi connectivity index (χ1) is 18.0. The zero-order chi connectivity index (χ0) is 25.5. The first kappa shape index (κ1) is 25.4. The van der Waals surface area contributed by atoms with Gasteiger partial charge in [-0.1, -0.05) is 43.5 Å². The van der Waals surface area contributed by atoms with E-state index in [1.807, 2.05) is 0 Å². The average Bonchev–Trinajstić information content (AvgIpc) is 3.60. The Bertz CT molecular complexity index is 1020. The molecule has 1 aromatic rings. The Morgan fingerprint density at radius 2 is 1.57 bits per heavy atom. The number of benzene rings is 1. The van der Waals surface area contributed by atoms with E-state index in [0.717, 1.165) is 64.2 Å². The van der Waals surface area contributed by atoms with Crippen molar-refractivity contribution in [3.63, 3.8) is 0 Å². The van der Waals surface area contributed by atoms with Crippen molar-refractivity contribution < 1.29 is 9.59 Å². The van der Waals surface area contributed by atoms with Crippen molar-refractivity contribution in [3.05, 3.63) is 35.4 Å². The molecule has 37 heavy (non-hydrogen) atoms. The van der Waals surface area contributed by atoms with Crippen molar-refractivity contribution >= 4 is 30.5 Å². The number of amidine groups is 1. The minimum absolute atomic E-state index is 0.0232. The van der Waals surface area contributed by atoms with Gasteiger partial charge in [0.15, 0.2) is 0 Å². The predicted molar refractivity (Wildman–Crippen MR) is 149 cm³/mol. The summed E-state index contributed by atoms with van der Waals surface area (Å²) in [6.45, 7) is 7.92. The second kappa shape index (κ2) is 10.7. The van der Waals surface area contributed by atoms with Crippen LogP contribution in [0.1, 0.15) is 62.5 Å². The molecule has 6 rings (SSSR count). The zero-order valence-electron chi connectivity index (χ0n) is 22.2. The van der Waals surface area contributed by atoms with Crippen molar-refractivity contribution in [2.75, 3.05) is 39.3 Å². The fourth-order valence-electron chi connectivity index (χ4n) is 8.48. The molecule has 0 unspecified atom stereocenters. The van der Waals surface area contributed by atoms with E-state index < -0.39 is 0 Å². The molecule has 6 nitrogen and oxygen atoms in total. The van der Waals surface area contributed by atoms with Crippen LogP contribution in [0.3, 0.4) is 0 Å². The van der Waals surface area contributed by atoms with Crippen molar-refractivity contribution in [1.29, 1.82) is 0 Å². The molecule has 2 heterocycles. The standard InChI is InChI=1S/C30H42N4O2S/c1-20-6-2-5-9-25(20)28(31-37)33-16-14-32(15-17-33)19-24-8-4-3-7-21(24)12-13-34-29(35)26-22-10-11-23(18-22)27(26)30(34)36/h2,5-6,9,21-24,26-27,37H,3-4,7-8,10-19H2,1H3/b31-28+/t21-,22-,23+,24-,26+,27-/m0/s1. The molecule has 200 valence electrons. The quantitative estimate of drug-likeness (QED) is 0.260. The SMILES string of the molecule is Cc1ccccc1/C(=N\S)N1CCN(C[C@@H]2CCCC[C@H]2CCN2C(=O)[C@@H]3[C@H]4CC[C@H](C4)[C@@H]3C2=O)CC1. The molecule has 2 amide bonds. The number of fused-ring (bicyclic) bond motifs is 5. The van der Waals surface area contributed by atoms with Crippen LogP contribution in [0.5, 0.6) is 0 Å². The molecule has 6 atom stereocenters. The third kappa shape index (κ3) is 4.75. The summed E-state index contributed by atoms with van der Waals surface area (Å²) in [6, 6.07) is 8.41. The van der Waals surface area contributed by atoms with Gasteiger partial charge in [-0.15, -0.1) is 0 Å². The molecule has 3 saturated carbocycles. The van der Waals surface area contributed by atoms with E-state index in [1.54, 1.807) is 4.90 Å². The van der Waals surface area contributed by atoms with Gasteiger partial charge in [0.1, 0.15) is 5.84 Å². The fourth-order valence-corrected chi connectivity index (χ4v) is 8.71. The van der Waals surface area contributed by atoms with Crippen LogP contribution in [0, 0.1) is 42.4 Å². The second-order valence-corrected chi connectivity index (χ2v) is 12.5. The van der Waals surface area contributed by atoms with Crippen molar-refractivity contribution in [1.82, 2.24) is 14.7 Å². The van der Waals surface area contributed by atoms with E-state index >= 15 is 0 Å². The Morgan fingerprint density at radius 1 is 0.919 bits per heavy atom. The van der Waals surface area contributed by atoms with E-state index in [1.165, 1.54) is 36.8 Å². The van der Waals surface area contributed by atoms with E-state index in [0.29, 0.717) is 30.2 Å². The Morgan fingerprint density at radius 3 is 2.22 bits per heavy atom. The van der Waals surface area contributed by atoms with Crippen LogP contribution in [0.15, 0.2) is 28.7 Å². The van der Waals surface area contributed by atoms with Crippen molar-refractivity contribution in [2.24, 2.45) is 39.9 Å². The number of amides is 2. The van der Waals surface area contributed by atoms with E-state index in [4.69, 9.17) is 0 Å². The number of aryl methyl sites for hydroxylation is 1. The minimum Gasteiger partial charge on any atom is -0.353 e. The highest BCUT2D eigenvalue weighted by molar-refractivity contribution is 7.79. The third-order valence-electron chi connectivity index (χ3n) is 10.5. The van der Waals surface area contributed by atoms with Gasteiger partial charge in [-0.3, -0.25) is 19.4 Å². The van der Waals surface area contributed by atoms with Gasteiger partial charge in [0, 0.05) is 44.8 Å². The highest BCUT2D eigenvalue weighted by Crippen LogP contribution is 2.56. The molecule has 5 fully saturated rings. The summed E-state index contributed by atoms with van der Waals surface area (Å²) in [7, 11) is 0.